The van der Waals surface area contributed by atoms with Crippen LogP contribution in [0.2, 0.25) is 0 Å². The summed E-state index contributed by atoms with van der Waals surface area (Å²) in [6.07, 6.45) is 2.31. The van der Waals surface area contributed by atoms with Crippen molar-refractivity contribution in [1.29, 1.82) is 0 Å². The molecule has 1 aromatic carbocycles. The second-order valence-electron chi connectivity index (χ2n) is 5.39. The molecule has 0 aliphatic carbocycles. The van der Waals surface area contributed by atoms with Crippen LogP contribution in [0.3, 0.4) is 0 Å². The van der Waals surface area contributed by atoms with E-state index in [0.29, 0.717) is 13.2 Å². The van der Waals surface area contributed by atoms with Crippen LogP contribution in [0.5, 0.6) is 0 Å². The summed E-state index contributed by atoms with van der Waals surface area (Å²) in [5.41, 5.74) is 10.8. The number of nitrogens with zero attached hydrogens (tertiary/aromatic N) is 2. The Bertz CT molecular complexity index is 638. The number of aryl methyl sites for hydroxylation is 2. The third-order valence-electron chi connectivity index (χ3n) is 3.82. The van der Waals surface area contributed by atoms with Gasteiger partial charge < -0.3 is 15.4 Å². The average Bonchev–Trinajstić information content (AvgIpc) is 2.89. The summed E-state index contributed by atoms with van der Waals surface area (Å²) in [5, 5.41) is 1.03. The van der Waals surface area contributed by atoms with Crippen molar-refractivity contribution in [3.63, 3.8) is 0 Å². The fourth-order valence-corrected chi connectivity index (χ4v) is 3.80. The zero-order valence-electron chi connectivity index (χ0n) is 12.6. The van der Waals surface area contributed by atoms with Crippen molar-refractivity contribution in [2.75, 3.05) is 18.6 Å². The second kappa shape index (κ2) is 6.13. The van der Waals surface area contributed by atoms with Crippen LogP contribution in [0.15, 0.2) is 18.2 Å². The highest BCUT2D eigenvalue weighted by Crippen LogP contribution is 2.37. The first-order chi connectivity index (χ1) is 10.2. The van der Waals surface area contributed by atoms with Gasteiger partial charge in [-0.05, 0) is 31.4 Å². The van der Waals surface area contributed by atoms with Crippen LogP contribution < -0.4 is 10.6 Å². The lowest BCUT2D eigenvalue weighted by Gasteiger charge is -2.29. The van der Waals surface area contributed by atoms with E-state index in [9.17, 15) is 0 Å². The van der Waals surface area contributed by atoms with Crippen LogP contribution in [0.1, 0.15) is 28.1 Å². The Hall–Kier alpha value is -1.43. The van der Waals surface area contributed by atoms with Crippen molar-refractivity contribution in [3.8, 4) is 0 Å². The summed E-state index contributed by atoms with van der Waals surface area (Å²) in [6.45, 7) is 4.20. The number of hydrogen-bond acceptors (Lipinski definition) is 5. The number of thiazole rings is 1. The van der Waals surface area contributed by atoms with Crippen LogP contribution >= 0.6 is 11.3 Å². The monoisotopic (exact) mass is 303 g/mol. The molecule has 112 valence electrons. The van der Waals surface area contributed by atoms with E-state index in [1.54, 1.807) is 18.4 Å². The maximum Gasteiger partial charge on any atom is 0.190 e. The number of methoxy groups -OCH3 is 1. The van der Waals surface area contributed by atoms with Gasteiger partial charge in [0.25, 0.3) is 0 Å². The number of aromatic nitrogens is 1. The predicted molar refractivity (Wildman–Crippen MR) is 87.2 cm³/mol. The Kier molecular flexibility index (Phi) is 4.24. The van der Waals surface area contributed by atoms with Gasteiger partial charge in [-0.25, -0.2) is 4.98 Å². The zero-order valence-corrected chi connectivity index (χ0v) is 13.4. The molecular weight excluding hydrogens is 282 g/mol. The largest absolute Gasteiger partial charge is 0.378 e. The lowest BCUT2D eigenvalue weighted by molar-refractivity contribution is 0.181. The molecule has 21 heavy (non-hydrogen) atoms. The molecule has 4 nitrogen and oxygen atoms in total. The van der Waals surface area contributed by atoms with Crippen LogP contribution in [0.25, 0.3) is 0 Å². The molecule has 0 bridgehead atoms. The first-order valence-electron chi connectivity index (χ1n) is 7.27. The Morgan fingerprint density at radius 2 is 2.29 bits per heavy atom. The number of ether oxygens (including phenoxy) is 1. The summed E-state index contributed by atoms with van der Waals surface area (Å²) < 4.78 is 5.23. The van der Waals surface area contributed by atoms with Gasteiger partial charge in [-0.2, -0.15) is 0 Å². The fraction of sp³-hybridized carbons (Fsp3) is 0.438. The van der Waals surface area contributed by atoms with Gasteiger partial charge in [0.15, 0.2) is 5.13 Å². The van der Waals surface area contributed by atoms with E-state index in [1.807, 2.05) is 0 Å². The Morgan fingerprint density at radius 1 is 1.43 bits per heavy atom. The maximum atomic E-state index is 5.83. The molecule has 0 saturated carbocycles. The van der Waals surface area contributed by atoms with Gasteiger partial charge in [0.2, 0.25) is 0 Å². The smallest absolute Gasteiger partial charge is 0.190 e. The number of fused-ring (bicyclic) bond motifs is 1. The van der Waals surface area contributed by atoms with E-state index in [-0.39, 0.29) is 0 Å². The predicted octanol–water partition coefficient (Wildman–Crippen LogP) is 3.14. The topological polar surface area (TPSA) is 51.4 Å². The second-order valence-corrected chi connectivity index (χ2v) is 6.45. The molecule has 1 aromatic heterocycles. The molecule has 0 fully saturated rings. The van der Waals surface area contributed by atoms with Gasteiger partial charge in [0.05, 0.1) is 12.3 Å². The molecule has 0 atom stereocenters. The molecule has 0 spiro atoms. The number of nitrogens with two attached hydrogens (primary N) is 1. The van der Waals surface area contributed by atoms with Gasteiger partial charge in [-0.3, -0.25) is 0 Å². The highest BCUT2D eigenvalue weighted by molar-refractivity contribution is 7.15. The zero-order chi connectivity index (χ0) is 14.8. The summed E-state index contributed by atoms with van der Waals surface area (Å²) in [4.78, 5) is 8.19. The Morgan fingerprint density at radius 3 is 3.05 bits per heavy atom. The number of anilines is 2. The molecule has 0 radical (unpaired) electrons. The maximum absolute atomic E-state index is 5.83. The van der Waals surface area contributed by atoms with E-state index < -0.39 is 0 Å². The molecule has 0 saturated heterocycles. The van der Waals surface area contributed by atoms with Crippen molar-refractivity contribution >= 4 is 22.2 Å². The quantitative estimate of drug-likeness (QED) is 0.943. The number of hydrogen-bond donors (Lipinski definition) is 1. The van der Waals surface area contributed by atoms with Crippen molar-refractivity contribution in [2.24, 2.45) is 5.73 Å². The van der Waals surface area contributed by atoms with E-state index in [2.05, 4.69) is 30.0 Å². The Labute approximate surface area is 129 Å². The molecular formula is C16H21N3OS. The van der Waals surface area contributed by atoms with Crippen molar-refractivity contribution in [2.45, 2.75) is 32.9 Å². The fourth-order valence-electron chi connectivity index (χ4n) is 2.82. The SMILES string of the molecule is COCc1nc(N2CCCc3cc(C)ccc32)sc1CN. The van der Waals surface area contributed by atoms with E-state index in [0.717, 1.165) is 35.1 Å². The summed E-state index contributed by atoms with van der Waals surface area (Å²) in [5.74, 6) is 0. The van der Waals surface area contributed by atoms with Crippen molar-refractivity contribution in [3.05, 3.63) is 39.9 Å². The minimum atomic E-state index is 0.519. The highest BCUT2D eigenvalue weighted by atomic mass is 32.1. The van der Waals surface area contributed by atoms with Gasteiger partial charge in [-0.15, -0.1) is 0 Å². The van der Waals surface area contributed by atoms with Gasteiger partial charge in [0, 0.05) is 30.8 Å². The molecule has 0 unspecified atom stereocenters. The lowest BCUT2D eigenvalue weighted by Crippen LogP contribution is -2.24. The van der Waals surface area contributed by atoms with E-state index in [1.165, 1.54) is 16.8 Å². The molecule has 1 aliphatic heterocycles. The van der Waals surface area contributed by atoms with Gasteiger partial charge >= 0.3 is 0 Å². The minimum Gasteiger partial charge on any atom is -0.378 e. The molecule has 2 heterocycles. The first kappa shape index (κ1) is 14.5. The van der Waals surface area contributed by atoms with Crippen LogP contribution in [-0.2, 0) is 24.3 Å². The van der Waals surface area contributed by atoms with E-state index in [4.69, 9.17) is 15.5 Å². The standard InChI is InChI=1S/C16H21N3OS/c1-11-5-6-14-12(8-11)4-3-7-19(14)16-18-13(10-20-2)15(9-17)21-16/h5-6,8H,3-4,7,9-10,17H2,1-2H3. The van der Waals surface area contributed by atoms with Crippen molar-refractivity contribution in [1.82, 2.24) is 4.98 Å². The molecule has 2 aromatic rings. The Balaban J connectivity index is 1.98. The van der Waals surface area contributed by atoms with Crippen LogP contribution in [0, 0.1) is 6.92 Å². The molecule has 3 rings (SSSR count). The van der Waals surface area contributed by atoms with Gasteiger partial charge in [0.1, 0.15) is 0 Å². The van der Waals surface area contributed by atoms with Crippen LogP contribution in [-0.4, -0.2) is 18.6 Å². The summed E-state index contributed by atoms with van der Waals surface area (Å²) in [6, 6.07) is 6.67. The lowest BCUT2D eigenvalue weighted by atomic mass is 10.00. The van der Waals surface area contributed by atoms with E-state index >= 15 is 0 Å². The van der Waals surface area contributed by atoms with Gasteiger partial charge in [-0.1, -0.05) is 29.0 Å². The molecule has 5 heteroatoms. The summed E-state index contributed by atoms with van der Waals surface area (Å²) >= 11 is 1.68. The highest BCUT2D eigenvalue weighted by Gasteiger charge is 2.22. The molecule has 1 aliphatic rings. The third kappa shape index (κ3) is 2.81. The molecule has 2 N–H and O–H groups in total. The molecule has 0 amide bonds. The van der Waals surface area contributed by atoms with Crippen LogP contribution in [0.4, 0.5) is 10.8 Å². The third-order valence-corrected chi connectivity index (χ3v) is 4.96. The number of benzene rings is 1. The van der Waals surface area contributed by atoms with Crippen molar-refractivity contribution < 1.29 is 4.74 Å². The minimum absolute atomic E-state index is 0.519. The normalized spacial score (nSPS) is 14.3. The average molecular weight is 303 g/mol. The summed E-state index contributed by atoms with van der Waals surface area (Å²) in [7, 11) is 1.69. The number of rotatable bonds is 4. The first-order valence-corrected chi connectivity index (χ1v) is 8.09.